The van der Waals surface area contributed by atoms with E-state index in [0.717, 1.165) is 11.6 Å². The van der Waals surface area contributed by atoms with Gasteiger partial charge in [0.05, 0.1) is 17.7 Å². The van der Waals surface area contributed by atoms with Gasteiger partial charge in [-0.3, -0.25) is 4.79 Å². The lowest BCUT2D eigenvalue weighted by Crippen LogP contribution is -2.03. The number of hydrogen-bond donors (Lipinski definition) is 0. The maximum atomic E-state index is 13.6. The van der Waals surface area contributed by atoms with Gasteiger partial charge in [-0.1, -0.05) is 30.3 Å². The third kappa shape index (κ3) is 2.63. The van der Waals surface area contributed by atoms with Crippen molar-refractivity contribution in [3.8, 4) is 0 Å². The van der Waals surface area contributed by atoms with Crippen molar-refractivity contribution in [2.75, 3.05) is 0 Å². The molecule has 0 amide bonds. The fraction of sp³-hybridized carbons (Fsp3) is 0.118. The van der Waals surface area contributed by atoms with Crippen molar-refractivity contribution >= 4 is 17.2 Å². The molecule has 5 heteroatoms. The van der Waals surface area contributed by atoms with E-state index < -0.39 is 11.6 Å². The third-order valence-electron chi connectivity index (χ3n) is 3.47. The number of benzene rings is 2. The van der Waals surface area contributed by atoms with Crippen molar-refractivity contribution < 1.29 is 18.3 Å². The first-order valence-electron chi connectivity index (χ1n) is 6.74. The van der Waals surface area contributed by atoms with Crippen LogP contribution in [-0.4, -0.2) is 10.9 Å². The van der Waals surface area contributed by atoms with E-state index in [1.54, 1.807) is 16.8 Å². The highest BCUT2D eigenvalue weighted by Crippen LogP contribution is 2.24. The molecule has 0 bridgehead atoms. The van der Waals surface area contributed by atoms with E-state index in [4.69, 9.17) is 4.74 Å². The number of fused-ring (bicyclic) bond motifs is 1. The Hall–Kier alpha value is -2.53. The smallest absolute Gasteiger partial charge is 0.170 e. The van der Waals surface area contributed by atoms with E-state index in [-0.39, 0.29) is 12.3 Å². The molecule has 0 aliphatic carbocycles. The van der Waals surface area contributed by atoms with E-state index in [0.29, 0.717) is 23.8 Å². The second-order valence-corrected chi connectivity index (χ2v) is 4.89. The van der Waals surface area contributed by atoms with Gasteiger partial charge in [-0.05, 0) is 11.6 Å². The summed E-state index contributed by atoms with van der Waals surface area (Å²) < 4.78 is 34.3. The number of ether oxygens (including phenoxy) is 1. The summed E-state index contributed by atoms with van der Waals surface area (Å²) in [7, 11) is 0. The highest BCUT2D eigenvalue weighted by atomic mass is 19.2. The molecule has 3 nitrogen and oxygen atoms in total. The van der Waals surface area contributed by atoms with Gasteiger partial charge in [0.25, 0.3) is 0 Å². The number of nitrogens with zero attached hydrogens (tertiary/aromatic N) is 1. The lowest BCUT2D eigenvalue weighted by atomic mass is 10.1. The van der Waals surface area contributed by atoms with Gasteiger partial charge in [-0.15, -0.1) is 0 Å². The van der Waals surface area contributed by atoms with Gasteiger partial charge in [0.15, 0.2) is 17.9 Å². The second-order valence-electron chi connectivity index (χ2n) is 4.89. The number of carbonyl (C=O) groups excluding carboxylic acids is 1. The van der Waals surface area contributed by atoms with Crippen molar-refractivity contribution in [2.45, 2.75) is 13.3 Å². The summed E-state index contributed by atoms with van der Waals surface area (Å²) in [6.45, 7) is 0.590. The number of hydrogen-bond acceptors (Lipinski definition) is 2. The predicted molar refractivity (Wildman–Crippen MR) is 78.5 cm³/mol. The Labute approximate surface area is 125 Å². The molecule has 3 rings (SSSR count). The SMILES string of the molecule is O=Cc1c(F)c(F)cc2c1ccn2COCc1ccccc1. The number of rotatable bonds is 5. The first kappa shape index (κ1) is 14.4. The number of aldehydes is 1. The molecule has 0 atom stereocenters. The molecule has 2 aromatic carbocycles. The minimum Gasteiger partial charge on any atom is -0.356 e. The highest BCUT2D eigenvalue weighted by Gasteiger charge is 2.15. The van der Waals surface area contributed by atoms with Gasteiger partial charge in [0.1, 0.15) is 6.73 Å². The summed E-state index contributed by atoms with van der Waals surface area (Å²) >= 11 is 0. The van der Waals surface area contributed by atoms with Crippen LogP contribution in [0.4, 0.5) is 8.78 Å². The molecule has 0 aliphatic rings. The molecule has 22 heavy (non-hydrogen) atoms. The number of aromatic nitrogens is 1. The van der Waals surface area contributed by atoms with Crippen LogP contribution in [0.3, 0.4) is 0 Å². The quantitative estimate of drug-likeness (QED) is 0.669. The van der Waals surface area contributed by atoms with Crippen LogP contribution < -0.4 is 0 Å². The lowest BCUT2D eigenvalue weighted by Gasteiger charge is -2.08. The molecule has 112 valence electrons. The van der Waals surface area contributed by atoms with Crippen LogP contribution in [0, 0.1) is 11.6 Å². The Kier molecular flexibility index (Phi) is 3.98. The van der Waals surface area contributed by atoms with Gasteiger partial charge >= 0.3 is 0 Å². The average Bonchev–Trinajstić information content (AvgIpc) is 2.92. The molecular weight excluding hydrogens is 288 g/mol. The Morgan fingerprint density at radius 2 is 1.91 bits per heavy atom. The molecule has 0 N–H and O–H groups in total. The van der Waals surface area contributed by atoms with Crippen molar-refractivity contribution in [1.82, 2.24) is 4.57 Å². The maximum Gasteiger partial charge on any atom is 0.170 e. The molecule has 3 aromatic rings. The zero-order chi connectivity index (χ0) is 15.5. The molecule has 0 saturated heterocycles. The fourth-order valence-corrected chi connectivity index (χ4v) is 2.37. The summed E-state index contributed by atoms with van der Waals surface area (Å²) in [5.74, 6) is -2.16. The molecular formula is C17H13F2NO2. The normalized spacial score (nSPS) is 11.0. The Morgan fingerprint density at radius 1 is 1.14 bits per heavy atom. The molecule has 0 saturated carbocycles. The Balaban J connectivity index is 1.83. The largest absolute Gasteiger partial charge is 0.356 e. The van der Waals surface area contributed by atoms with Crippen molar-refractivity contribution in [3.05, 3.63) is 71.4 Å². The fourth-order valence-electron chi connectivity index (χ4n) is 2.37. The standard InChI is InChI=1S/C17H13F2NO2/c18-15-8-16-13(14(9-21)17(15)19)6-7-20(16)11-22-10-12-4-2-1-3-5-12/h1-9H,10-11H2. The van der Waals surface area contributed by atoms with Gasteiger partial charge in [0.2, 0.25) is 0 Å². The Morgan fingerprint density at radius 3 is 2.64 bits per heavy atom. The summed E-state index contributed by atoms with van der Waals surface area (Å²) in [4.78, 5) is 11.0. The summed E-state index contributed by atoms with van der Waals surface area (Å²) in [6, 6.07) is 12.3. The van der Waals surface area contributed by atoms with Gasteiger partial charge in [0, 0.05) is 17.6 Å². The van der Waals surface area contributed by atoms with E-state index in [1.807, 2.05) is 30.3 Å². The zero-order valence-electron chi connectivity index (χ0n) is 11.6. The van der Waals surface area contributed by atoms with Crippen LogP contribution in [0.1, 0.15) is 15.9 Å². The van der Waals surface area contributed by atoms with Crippen LogP contribution in [-0.2, 0) is 18.1 Å². The van der Waals surface area contributed by atoms with E-state index in [2.05, 4.69) is 0 Å². The van der Waals surface area contributed by atoms with Crippen LogP contribution in [0.25, 0.3) is 10.9 Å². The molecule has 0 unspecified atom stereocenters. The van der Waals surface area contributed by atoms with Crippen LogP contribution in [0.5, 0.6) is 0 Å². The van der Waals surface area contributed by atoms with Crippen molar-refractivity contribution in [2.24, 2.45) is 0 Å². The first-order chi connectivity index (χ1) is 10.7. The molecule has 1 aromatic heterocycles. The first-order valence-corrected chi connectivity index (χ1v) is 6.74. The lowest BCUT2D eigenvalue weighted by molar-refractivity contribution is 0.0667. The summed E-state index contributed by atoms with van der Waals surface area (Å²) in [5, 5.41) is 0.372. The molecule has 0 spiro atoms. The number of halogens is 2. The van der Waals surface area contributed by atoms with Crippen LogP contribution in [0.2, 0.25) is 0 Å². The van der Waals surface area contributed by atoms with Crippen molar-refractivity contribution in [1.29, 1.82) is 0 Å². The molecule has 1 heterocycles. The van der Waals surface area contributed by atoms with Crippen LogP contribution >= 0.6 is 0 Å². The second kappa shape index (κ2) is 6.07. The predicted octanol–water partition coefficient (Wildman–Crippen LogP) is 3.91. The minimum absolute atomic E-state index is 0.182. The summed E-state index contributed by atoms with van der Waals surface area (Å²) in [6.07, 6.45) is 1.97. The van der Waals surface area contributed by atoms with Gasteiger partial charge in [-0.2, -0.15) is 0 Å². The van der Waals surface area contributed by atoms with E-state index >= 15 is 0 Å². The van der Waals surface area contributed by atoms with Crippen molar-refractivity contribution in [3.63, 3.8) is 0 Å². The minimum atomic E-state index is -1.12. The number of carbonyl (C=O) groups is 1. The van der Waals surface area contributed by atoms with Gasteiger partial charge in [-0.25, -0.2) is 8.78 Å². The molecule has 0 radical (unpaired) electrons. The van der Waals surface area contributed by atoms with E-state index in [1.165, 1.54) is 0 Å². The average molecular weight is 301 g/mol. The van der Waals surface area contributed by atoms with Gasteiger partial charge < -0.3 is 9.30 Å². The Bertz CT molecular complexity index is 812. The van der Waals surface area contributed by atoms with Crippen LogP contribution in [0.15, 0.2) is 48.7 Å². The molecule has 0 fully saturated rings. The summed E-state index contributed by atoms with van der Waals surface area (Å²) in [5.41, 5.74) is 1.18. The van der Waals surface area contributed by atoms with E-state index in [9.17, 15) is 13.6 Å². The monoisotopic (exact) mass is 301 g/mol. The third-order valence-corrected chi connectivity index (χ3v) is 3.47. The maximum absolute atomic E-state index is 13.6. The zero-order valence-corrected chi connectivity index (χ0v) is 11.6. The topological polar surface area (TPSA) is 31.2 Å². The highest BCUT2D eigenvalue weighted by molar-refractivity contribution is 5.97. The molecule has 0 aliphatic heterocycles.